The monoisotopic (exact) mass is 278 g/mol. The Bertz CT molecular complexity index is 661. The number of hydrogen-bond acceptors (Lipinski definition) is 3. The Kier molecular flexibility index (Phi) is 3.89. The molecular weight excluding hydrogens is 260 g/mol. The van der Waals surface area contributed by atoms with Crippen LogP contribution < -0.4 is 10.1 Å². The molecule has 0 spiro atoms. The van der Waals surface area contributed by atoms with Crippen LogP contribution in [0.5, 0.6) is 5.75 Å². The van der Waals surface area contributed by atoms with E-state index in [9.17, 15) is 0 Å². The molecule has 3 rings (SSSR count). The van der Waals surface area contributed by atoms with Crippen LogP contribution in [-0.2, 0) is 6.54 Å². The molecule has 2 aromatic rings. The van der Waals surface area contributed by atoms with Gasteiger partial charge in [-0.3, -0.25) is 0 Å². The molecule has 0 saturated heterocycles. The summed E-state index contributed by atoms with van der Waals surface area (Å²) in [6, 6.07) is 18.8. The van der Waals surface area contributed by atoms with E-state index in [4.69, 9.17) is 10.00 Å². The van der Waals surface area contributed by atoms with Crippen LogP contribution in [0.2, 0.25) is 0 Å². The number of nitrogens with zero attached hydrogens (tertiary/aromatic N) is 1. The molecule has 3 heteroatoms. The van der Waals surface area contributed by atoms with Crippen molar-refractivity contribution in [2.45, 2.75) is 24.9 Å². The average Bonchev–Trinajstić information content (AvgIpc) is 3.33. The third-order valence-corrected chi connectivity index (χ3v) is 3.98. The van der Waals surface area contributed by atoms with Gasteiger partial charge in [0.25, 0.3) is 0 Å². The lowest BCUT2D eigenvalue weighted by Crippen LogP contribution is -2.17. The van der Waals surface area contributed by atoms with Crippen LogP contribution in [0.25, 0.3) is 0 Å². The summed E-state index contributed by atoms with van der Waals surface area (Å²) >= 11 is 0. The van der Waals surface area contributed by atoms with Crippen LogP contribution in [0, 0.1) is 11.3 Å². The number of hydrogen-bond donors (Lipinski definition) is 1. The average molecular weight is 278 g/mol. The number of rotatable bonds is 5. The molecule has 1 saturated carbocycles. The maximum atomic E-state index is 8.99. The molecule has 0 amide bonds. The summed E-state index contributed by atoms with van der Waals surface area (Å²) in [7, 11) is 1.66. The molecule has 2 aromatic carbocycles. The van der Waals surface area contributed by atoms with Gasteiger partial charge in [0.1, 0.15) is 5.75 Å². The third-order valence-electron chi connectivity index (χ3n) is 3.98. The zero-order valence-corrected chi connectivity index (χ0v) is 12.0. The van der Waals surface area contributed by atoms with Crippen molar-refractivity contribution in [1.82, 2.24) is 5.32 Å². The minimum atomic E-state index is 0.517. The molecule has 106 valence electrons. The standard InChI is InChI=1S/C18H18N2O/c1-21-18-8-7-13(11-19)9-15(18)12-20-17-10-16(17)14-5-3-2-4-6-14/h2-9,16-17,20H,10,12H2,1H3. The smallest absolute Gasteiger partial charge is 0.123 e. The number of nitrogens with one attached hydrogen (secondary N) is 1. The molecule has 2 unspecified atom stereocenters. The lowest BCUT2D eigenvalue weighted by molar-refractivity contribution is 0.407. The van der Waals surface area contributed by atoms with E-state index in [1.807, 2.05) is 18.2 Å². The highest BCUT2D eigenvalue weighted by molar-refractivity contribution is 5.42. The number of methoxy groups -OCH3 is 1. The van der Waals surface area contributed by atoms with Crippen LogP contribution in [0.15, 0.2) is 48.5 Å². The van der Waals surface area contributed by atoms with Crippen LogP contribution in [-0.4, -0.2) is 13.2 Å². The second kappa shape index (κ2) is 5.99. The normalized spacial score (nSPS) is 19.8. The van der Waals surface area contributed by atoms with E-state index in [2.05, 4.69) is 35.7 Å². The summed E-state index contributed by atoms with van der Waals surface area (Å²) in [5.74, 6) is 1.44. The highest BCUT2D eigenvalue weighted by Crippen LogP contribution is 2.40. The Balaban J connectivity index is 1.63. The zero-order valence-electron chi connectivity index (χ0n) is 12.0. The number of nitriles is 1. The highest BCUT2D eigenvalue weighted by Gasteiger charge is 2.37. The van der Waals surface area contributed by atoms with Crippen LogP contribution in [0.3, 0.4) is 0 Å². The molecule has 1 aliphatic rings. The van der Waals surface area contributed by atoms with Gasteiger partial charge in [0.15, 0.2) is 0 Å². The molecular formula is C18H18N2O. The Morgan fingerprint density at radius 3 is 2.76 bits per heavy atom. The van der Waals surface area contributed by atoms with Gasteiger partial charge in [-0.2, -0.15) is 5.26 Å². The summed E-state index contributed by atoms with van der Waals surface area (Å²) in [5, 5.41) is 12.6. The van der Waals surface area contributed by atoms with E-state index < -0.39 is 0 Å². The molecule has 0 radical (unpaired) electrons. The second-order valence-electron chi connectivity index (χ2n) is 5.38. The van der Waals surface area contributed by atoms with Crippen molar-refractivity contribution < 1.29 is 4.74 Å². The van der Waals surface area contributed by atoms with Gasteiger partial charge in [0, 0.05) is 24.1 Å². The van der Waals surface area contributed by atoms with Crippen molar-refractivity contribution in [3.63, 3.8) is 0 Å². The largest absolute Gasteiger partial charge is 0.496 e. The fourth-order valence-electron chi connectivity index (χ4n) is 2.72. The van der Waals surface area contributed by atoms with Gasteiger partial charge in [-0.05, 0) is 30.2 Å². The van der Waals surface area contributed by atoms with E-state index in [1.165, 1.54) is 12.0 Å². The Hall–Kier alpha value is -2.31. The molecule has 1 N–H and O–H groups in total. The van der Waals surface area contributed by atoms with Gasteiger partial charge in [0.05, 0.1) is 18.7 Å². The Morgan fingerprint density at radius 1 is 1.24 bits per heavy atom. The quantitative estimate of drug-likeness (QED) is 0.913. The Morgan fingerprint density at radius 2 is 2.05 bits per heavy atom. The van der Waals surface area contributed by atoms with Gasteiger partial charge < -0.3 is 10.1 Å². The topological polar surface area (TPSA) is 45.0 Å². The summed E-state index contributed by atoms with van der Waals surface area (Å²) in [6.07, 6.45) is 1.17. The molecule has 1 fully saturated rings. The number of benzene rings is 2. The molecule has 21 heavy (non-hydrogen) atoms. The van der Waals surface area contributed by atoms with Crippen LogP contribution in [0.1, 0.15) is 29.0 Å². The van der Waals surface area contributed by atoms with Gasteiger partial charge >= 0.3 is 0 Å². The Labute approximate surface area is 125 Å². The van der Waals surface area contributed by atoms with Crippen molar-refractivity contribution in [2.75, 3.05) is 7.11 Å². The minimum absolute atomic E-state index is 0.517. The fourth-order valence-corrected chi connectivity index (χ4v) is 2.72. The highest BCUT2D eigenvalue weighted by atomic mass is 16.5. The van der Waals surface area contributed by atoms with Crippen LogP contribution >= 0.6 is 0 Å². The molecule has 2 atom stereocenters. The minimum Gasteiger partial charge on any atom is -0.496 e. The van der Waals surface area contributed by atoms with E-state index in [0.29, 0.717) is 17.5 Å². The van der Waals surface area contributed by atoms with Crippen molar-refractivity contribution in [3.05, 3.63) is 65.2 Å². The first-order chi connectivity index (χ1) is 10.3. The van der Waals surface area contributed by atoms with Gasteiger partial charge in [0.2, 0.25) is 0 Å². The third kappa shape index (κ3) is 3.07. The second-order valence-corrected chi connectivity index (χ2v) is 5.38. The fraction of sp³-hybridized carbons (Fsp3) is 0.278. The van der Waals surface area contributed by atoms with Gasteiger partial charge in [-0.1, -0.05) is 30.3 Å². The van der Waals surface area contributed by atoms with E-state index in [0.717, 1.165) is 17.9 Å². The van der Waals surface area contributed by atoms with Gasteiger partial charge in [-0.15, -0.1) is 0 Å². The molecule has 0 heterocycles. The maximum Gasteiger partial charge on any atom is 0.123 e. The molecule has 1 aliphatic carbocycles. The summed E-state index contributed by atoms with van der Waals surface area (Å²) < 4.78 is 5.36. The lowest BCUT2D eigenvalue weighted by atomic mass is 10.1. The zero-order chi connectivity index (χ0) is 14.7. The van der Waals surface area contributed by atoms with Crippen molar-refractivity contribution >= 4 is 0 Å². The van der Waals surface area contributed by atoms with Crippen molar-refractivity contribution in [3.8, 4) is 11.8 Å². The van der Waals surface area contributed by atoms with E-state index in [-0.39, 0.29) is 0 Å². The van der Waals surface area contributed by atoms with Gasteiger partial charge in [-0.25, -0.2) is 0 Å². The molecule has 0 bridgehead atoms. The molecule has 3 nitrogen and oxygen atoms in total. The SMILES string of the molecule is COc1ccc(C#N)cc1CNC1CC1c1ccccc1. The number of ether oxygens (including phenoxy) is 1. The lowest BCUT2D eigenvalue weighted by Gasteiger charge is -2.10. The summed E-state index contributed by atoms with van der Waals surface area (Å²) in [5.41, 5.74) is 3.10. The maximum absolute atomic E-state index is 8.99. The first-order valence-corrected chi connectivity index (χ1v) is 7.17. The summed E-state index contributed by atoms with van der Waals surface area (Å²) in [4.78, 5) is 0. The van der Waals surface area contributed by atoms with E-state index in [1.54, 1.807) is 13.2 Å². The van der Waals surface area contributed by atoms with Crippen LogP contribution in [0.4, 0.5) is 0 Å². The predicted molar refractivity (Wildman–Crippen MR) is 82.1 cm³/mol. The summed E-state index contributed by atoms with van der Waals surface area (Å²) in [6.45, 7) is 0.729. The first kappa shape index (κ1) is 13.7. The molecule has 0 aliphatic heterocycles. The molecule has 0 aromatic heterocycles. The first-order valence-electron chi connectivity index (χ1n) is 7.17. The predicted octanol–water partition coefficient (Wildman–Crippen LogP) is 3.21. The van der Waals surface area contributed by atoms with Crippen molar-refractivity contribution in [2.24, 2.45) is 0 Å². The van der Waals surface area contributed by atoms with Crippen molar-refractivity contribution in [1.29, 1.82) is 5.26 Å². The van der Waals surface area contributed by atoms with E-state index >= 15 is 0 Å².